The van der Waals surface area contributed by atoms with Crippen molar-refractivity contribution in [1.29, 1.82) is 0 Å². The van der Waals surface area contributed by atoms with Gasteiger partial charge in [-0.25, -0.2) is 0 Å². The standard InChI is InChI=1S/C17H20N4O4.ClH/c18-7-1-2-14(22)19-11-3-4-12-10(8-11)9-21(17(12)25)13-5-6-15(23)20-16(13)24;/h3-4,8,13H,1-2,5-7,9,18H2,(H,19,22)(H,20,23,24);1H. The van der Waals surface area contributed by atoms with Gasteiger partial charge in [-0.2, -0.15) is 0 Å². The third kappa shape index (κ3) is 4.03. The van der Waals surface area contributed by atoms with Crippen LogP contribution in [0.5, 0.6) is 0 Å². The summed E-state index contributed by atoms with van der Waals surface area (Å²) in [6.45, 7) is 0.736. The molecule has 4 N–H and O–H groups in total. The average Bonchev–Trinajstić information content (AvgIpc) is 2.89. The third-order valence-corrected chi connectivity index (χ3v) is 4.42. The van der Waals surface area contributed by atoms with E-state index < -0.39 is 11.9 Å². The van der Waals surface area contributed by atoms with Gasteiger partial charge in [0, 0.05) is 30.6 Å². The van der Waals surface area contributed by atoms with E-state index in [1.165, 1.54) is 4.90 Å². The SMILES string of the molecule is Cl.NCCCC(=O)Nc1ccc2c(c1)CN(C1CCC(=O)NC1=O)C2=O. The third-order valence-electron chi connectivity index (χ3n) is 4.42. The average molecular weight is 381 g/mol. The summed E-state index contributed by atoms with van der Waals surface area (Å²) >= 11 is 0. The molecule has 0 saturated carbocycles. The maximum absolute atomic E-state index is 12.6. The highest BCUT2D eigenvalue weighted by atomic mass is 35.5. The minimum Gasteiger partial charge on any atom is -0.330 e. The molecule has 2 aliphatic rings. The number of imide groups is 1. The normalized spacial score (nSPS) is 18.9. The lowest BCUT2D eigenvalue weighted by Crippen LogP contribution is -2.52. The Kier molecular flexibility index (Phi) is 6.33. The molecule has 0 bridgehead atoms. The molecule has 26 heavy (non-hydrogen) atoms. The molecule has 140 valence electrons. The molecule has 1 unspecified atom stereocenters. The van der Waals surface area contributed by atoms with Crippen LogP contribution >= 0.6 is 12.4 Å². The van der Waals surface area contributed by atoms with E-state index in [4.69, 9.17) is 5.73 Å². The van der Waals surface area contributed by atoms with Crippen LogP contribution in [0.4, 0.5) is 5.69 Å². The van der Waals surface area contributed by atoms with Crippen molar-refractivity contribution < 1.29 is 19.2 Å². The van der Waals surface area contributed by atoms with Crippen molar-refractivity contribution in [2.75, 3.05) is 11.9 Å². The quantitative estimate of drug-likeness (QED) is 0.644. The predicted octanol–water partition coefficient (Wildman–Crippen LogP) is 0.547. The van der Waals surface area contributed by atoms with Gasteiger partial charge in [0.1, 0.15) is 6.04 Å². The van der Waals surface area contributed by atoms with E-state index in [1.807, 2.05) is 0 Å². The number of halogens is 1. The number of anilines is 1. The highest BCUT2D eigenvalue weighted by Gasteiger charge is 2.39. The van der Waals surface area contributed by atoms with E-state index in [0.29, 0.717) is 37.1 Å². The smallest absolute Gasteiger partial charge is 0.255 e. The van der Waals surface area contributed by atoms with E-state index >= 15 is 0 Å². The Hall–Kier alpha value is -2.45. The van der Waals surface area contributed by atoms with Crippen LogP contribution in [0.1, 0.15) is 41.6 Å². The van der Waals surface area contributed by atoms with Crippen LogP contribution in [0.15, 0.2) is 18.2 Å². The molecule has 4 amide bonds. The van der Waals surface area contributed by atoms with Gasteiger partial charge < -0.3 is 16.0 Å². The molecule has 2 aliphatic heterocycles. The Bertz CT molecular complexity index is 752. The maximum atomic E-state index is 12.6. The number of rotatable bonds is 5. The molecule has 1 saturated heterocycles. The minimum atomic E-state index is -0.639. The monoisotopic (exact) mass is 380 g/mol. The highest BCUT2D eigenvalue weighted by Crippen LogP contribution is 2.29. The second-order valence-electron chi connectivity index (χ2n) is 6.21. The van der Waals surface area contributed by atoms with Crippen molar-refractivity contribution in [2.24, 2.45) is 5.73 Å². The number of carbonyl (C=O) groups excluding carboxylic acids is 4. The number of fused-ring (bicyclic) bond motifs is 1. The molecule has 0 radical (unpaired) electrons. The molecular weight excluding hydrogens is 360 g/mol. The summed E-state index contributed by atoms with van der Waals surface area (Å²) in [5.74, 6) is -1.11. The fourth-order valence-corrected chi connectivity index (χ4v) is 3.14. The predicted molar refractivity (Wildman–Crippen MR) is 96.7 cm³/mol. The van der Waals surface area contributed by atoms with Crippen LogP contribution < -0.4 is 16.4 Å². The number of nitrogens with zero attached hydrogens (tertiary/aromatic N) is 1. The van der Waals surface area contributed by atoms with Gasteiger partial charge in [-0.3, -0.25) is 24.5 Å². The van der Waals surface area contributed by atoms with Crippen molar-refractivity contribution in [2.45, 2.75) is 38.3 Å². The Morgan fingerprint density at radius 3 is 2.77 bits per heavy atom. The first-order chi connectivity index (χ1) is 12.0. The number of nitrogens with one attached hydrogen (secondary N) is 2. The molecule has 1 fully saturated rings. The number of benzene rings is 1. The molecule has 0 aromatic heterocycles. The molecule has 3 rings (SSSR count). The zero-order valence-electron chi connectivity index (χ0n) is 14.1. The van der Waals surface area contributed by atoms with Crippen molar-refractivity contribution in [3.8, 4) is 0 Å². The number of hydrogen-bond acceptors (Lipinski definition) is 5. The van der Waals surface area contributed by atoms with Crippen LogP contribution in [0.2, 0.25) is 0 Å². The summed E-state index contributed by atoms with van der Waals surface area (Å²) in [5.41, 5.74) is 7.27. The van der Waals surface area contributed by atoms with Crippen molar-refractivity contribution in [1.82, 2.24) is 10.2 Å². The summed E-state index contributed by atoms with van der Waals surface area (Å²) in [7, 11) is 0. The largest absolute Gasteiger partial charge is 0.330 e. The van der Waals surface area contributed by atoms with Gasteiger partial charge in [0.2, 0.25) is 17.7 Å². The first-order valence-corrected chi connectivity index (χ1v) is 8.27. The lowest BCUT2D eigenvalue weighted by atomic mass is 10.0. The molecule has 0 aliphatic carbocycles. The van der Waals surface area contributed by atoms with E-state index in [0.717, 1.165) is 5.56 Å². The van der Waals surface area contributed by atoms with Gasteiger partial charge in [0.05, 0.1) is 0 Å². The minimum absolute atomic E-state index is 0. The number of carbonyl (C=O) groups is 4. The summed E-state index contributed by atoms with van der Waals surface area (Å²) in [5, 5.41) is 5.05. The summed E-state index contributed by atoms with van der Waals surface area (Å²) in [4.78, 5) is 49.1. The van der Waals surface area contributed by atoms with Gasteiger partial charge in [-0.05, 0) is 43.1 Å². The van der Waals surface area contributed by atoms with Crippen LogP contribution in [0, 0.1) is 0 Å². The van der Waals surface area contributed by atoms with Gasteiger partial charge in [0.25, 0.3) is 5.91 Å². The maximum Gasteiger partial charge on any atom is 0.255 e. The van der Waals surface area contributed by atoms with Gasteiger partial charge >= 0.3 is 0 Å². The number of piperidine rings is 1. The van der Waals surface area contributed by atoms with Gasteiger partial charge in [-0.1, -0.05) is 0 Å². The molecule has 1 atom stereocenters. The Labute approximate surface area is 156 Å². The molecule has 9 heteroatoms. The molecule has 8 nitrogen and oxygen atoms in total. The topological polar surface area (TPSA) is 122 Å². The zero-order valence-corrected chi connectivity index (χ0v) is 14.9. The zero-order chi connectivity index (χ0) is 18.0. The van der Waals surface area contributed by atoms with E-state index in [-0.39, 0.29) is 43.1 Å². The van der Waals surface area contributed by atoms with Crippen LogP contribution in [0.3, 0.4) is 0 Å². The molecule has 0 spiro atoms. The van der Waals surface area contributed by atoms with E-state index in [1.54, 1.807) is 18.2 Å². The summed E-state index contributed by atoms with van der Waals surface area (Å²) in [6, 6.07) is 4.44. The second-order valence-corrected chi connectivity index (χ2v) is 6.21. The van der Waals surface area contributed by atoms with Gasteiger partial charge in [-0.15, -0.1) is 12.4 Å². The first kappa shape index (κ1) is 19.9. The highest BCUT2D eigenvalue weighted by molar-refractivity contribution is 6.05. The molecule has 2 heterocycles. The van der Waals surface area contributed by atoms with Crippen LogP contribution in [-0.4, -0.2) is 41.1 Å². The van der Waals surface area contributed by atoms with E-state index in [9.17, 15) is 19.2 Å². The number of amides is 4. The first-order valence-electron chi connectivity index (χ1n) is 8.27. The Morgan fingerprint density at radius 1 is 1.31 bits per heavy atom. The number of nitrogens with two attached hydrogens (primary N) is 1. The lowest BCUT2D eigenvalue weighted by Gasteiger charge is -2.29. The van der Waals surface area contributed by atoms with Crippen molar-refractivity contribution in [3.05, 3.63) is 29.3 Å². The van der Waals surface area contributed by atoms with E-state index in [2.05, 4.69) is 10.6 Å². The lowest BCUT2D eigenvalue weighted by molar-refractivity contribution is -0.137. The Balaban J connectivity index is 0.00000243. The van der Waals surface area contributed by atoms with Crippen molar-refractivity contribution >= 4 is 41.7 Å². The fraction of sp³-hybridized carbons (Fsp3) is 0.412. The summed E-state index contributed by atoms with van der Waals surface area (Å²) < 4.78 is 0. The second kappa shape index (κ2) is 8.29. The fourth-order valence-electron chi connectivity index (χ4n) is 3.14. The Morgan fingerprint density at radius 2 is 2.08 bits per heavy atom. The summed E-state index contributed by atoms with van der Waals surface area (Å²) in [6.07, 6.45) is 1.50. The number of hydrogen-bond donors (Lipinski definition) is 3. The molecule has 1 aromatic carbocycles. The van der Waals surface area contributed by atoms with Crippen LogP contribution in [-0.2, 0) is 20.9 Å². The molecule has 1 aromatic rings. The van der Waals surface area contributed by atoms with Crippen molar-refractivity contribution in [3.63, 3.8) is 0 Å². The van der Waals surface area contributed by atoms with Gasteiger partial charge in [0.15, 0.2) is 0 Å². The van der Waals surface area contributed by atoms with Crippen LogP contribution in [0.25, 0.3) is 0 Å². The molecular formula is C17H21ClN4O4.